The van der Waals surface area contributed by atoms with Gasteiger partial charge in [0.1, 0.15) is 0 Å². The van der Waals surface area contributed by atoms with Crippen LogP contribution in [0.15, 0.2) is 21.9 Å². The molecule has 0 spiro atoms. The Balaban J connectivity index is 0.00000280. The Morgan fingerprint density at radius 3 is 2.89 bits per heavy atom. The Morgan fingerprint density at radius 2 is 2.25 bits per heavy atom. The van der Waals surface area contributed by atoms with E-state index in [1.807, 2.05) is 17.9 Å². The number of hydrogen-bond acceptors (Lipinski definition) is 5. The average Bonchev–Trinajstić information content (AvgIpc) is 3.37. The highest BCUT2D eigenvalue weighted by Crippen LogP contribution is 2.26. The number of guanidine groups is 1. The first-order valence-corrected chi connectivity index (χ1v) is 9.91. The van der Waals surface area contributed by atoms with Crippen molar-refractivity contribution in [3.63, 3.8) is 0 Å². The van der Waals surface area contributed by atoms with Crippen LogP contribution in [-0.4, -0.2) is 57.0 Å². The van der Waals surface area contributed by atoms with Crippen LogP contribution in [0.2, 0.25) is 0 Å². The van der Waals surface area contributed by atoms with E-state index in [1.54, 1.807) is 0 Å². The van der Waals surface area contributed by atoms with Crippen molar-refractivity contribution in [1.82, 2.24) is 30.1 Å². The van der Waals surface area contributed by atoms with Crippen molar-refractivity contribution in [2.75, 3.05) is 26.2 Å². The molecule has 1 atom stereocenters. The molecular formula is C19H32IN7O. The van der Waals surface area contributed by atoms with Crippen LogP contribution in [0.5, 0.6) is 0 Å². The fourth-order valence-corrected chi connectivity index (χ4v) is 3.32. The third-order valence-electron chi connectivity index (χ3n) is 4.83. The molecule has 1 N–H and O–H groups in total. The predicted octanol–water partition coefficient (Wildman–Crippen LogP) is 2.93. The molecule has 3 rings (SSSR count). The van der Waals surface area contributed by atoms with Gasteiger partial charge in [0.15, 0.2) is 11.8 Å². The predicted molar refractivity (Wildman–Crippen MR) is 120 cm³/mol. The van der Waals surface area contributed by atoms with Crippen molar-refractivity contribution < 1.29 is 4.52 Å². The molecule has 8 nitrogen and oxygen atoms in total. The summed E-state index contributed by atoms with van der Waals surface area (Å²) in [5.41, 5.74) is 1.31. The number of nitrogens with zero attached hydrogens (tertiary/aromatic N) is 6. The first-order chi connectivity index (χ1) is 13.1. The zero-order valence-corrected chi connectivity index (χ0v) is 19.6. The highest BCUT2D eigenvalue weighted by molar-refractivity contribution is 14.0. The first kappa shape index (κ1) is 22.6. The molecule has 1 aliphatic heterocycles. The van der Waals surface area contributed by atoms with Crippen LogP contribution in [0.3, 0.4) is 0 Å². The maximum Gasteiger partial charge on any atom is 0.226 e. The number of nitrogens with one attached hydrogen (secondary N) is 1. The lowest BCUT2D eigenvalue weighted by Crippen LogP contribution is -2.40. The van der Waals surface area contributed by atoms with Crippen LogP contribution in [-0.2, 0) is 13.5 Å². The Labute approximate surface area is 184 Å². The maximum atomic E-state index is 5.30. The second kappa shape index (κ2) is 10.8. The van der Waals surface area contributed by atoms with Crippen molar-refractivity contribution in [3.05, 3.63) is 29.7 Å². The molecule has 0 aliphatic carbocycles. The highest BCUT2D eigenvalue weighted by atomic mass is 127. The molecule has 9 heteroatoms. The van der Waals surface area contributed by atoms with Gasteiger partial charge in [0.05, 0.1) is 6.20 Å². The van der Waals surface area contributed by atoms with E-state index in [0.717, 1.165) is 57.2 Å². The van der Waals surface area contributed by atoms with E-state index in [9.17, 15) is 0 Å². The normalized spacial score (nSPS) is 17.2. The minimum atomic E-state index is 0. The van der Waals surface area contributed by atoms with Gasteiger partial charge in [-0.1, -0.05) is 19.0 Å². The lowest BCUT2D eigenvalue weighted by atomic mass is 10.0. The summed E-state index contributed by atoms with van der Waals surface area (Å²) in [7, 11) is 1.97. The Hall–Kier alpha value is -1.65. The van der Waals surface area contributed by atoms with Crippen LogP contribution in [0.1, 0.15) is 62.7 Å². The zero-order valence-electron chi connectivity index (χ0n) is 17.3. The van der Waals surface area contributed by atoms with Gasteiger partial charge in [0.25, 0.3) is 0 Å². The van der Waals surface area contributed by atoms with Crippen molar-refractivity contribution in [3.8, 4) is 0 Å². The molecule has 1 fully saturated rings. The molecule has 1 unspecified atom stereocenters. The molecule has 2 aromatic rings. The number of hydrogen-bond donors (Lipinski definition) is 1. The second-order valence-corrected chi connectivity index (χ2v) is 7.42. The van der Waals surface area contributed by atoms with Gasteiger partial charge >= 0.3 is 0 Å². The Bertz CT molecular complexity index is 755. The summed E-state index contributed by atoms with van der Waals surface area (Å²) >= 11 is 0. The Kier molecular flexibility index (Phi) is 8.71. The van der Waals surface area contributed by atoms with Crippen LogP contribution in [0, 0.1) is 0 Å². The van der Waals surface area contributed by atoms with E-state index >= 15 is 0 Å². The van der Waals surface area contributed by atoms with E-state index in [0.29, 0.717) is 17.7 Å². The molecule has 156 valence electrons. The molecule has 2 aromatic heterocycles. The molecule has 1 aliphatic rings. The quantitative estimate of drug-likeness (QED) is 0.272. The summed E-state index contributed by atoms with van der Waals surface area (Å²) in [5.74, 6) is 3.30. The number of likely N-dealkylation sites (tertiary alicyclic amines) is 1. The van der Waals surface area contributed by atoms with Crippen molar-refractivity contribution in [2.24, 2.45) is 12.0 Å². The van der Waals surface area contributed by atoms with Crippen molar-refractivity contribution in [1.29, 1.82) is 0 Å². The third kappa shape index (κ3) is 5.92. The van der Waals surface area contributed by atoms with E-state index in [4.69, 9.17) is 9.52 Å². The summed E-state index contributed by atoms with van der Waals surface area (Å²) in [6.07, 6.45) is 6.90. The largest absolute Gasteiger partial charge is 0.357 e. The fraction of sp³-hybridized carbons (Fsp3) is 0.684. The summed E-state index contributed by atoms with van der Waals surface area (Å²) in [4.78, 5) is 11.6. The van der Waals surface area contributed by atoms with Gasteiger partial charge in [-0.15, -0.1) is 24.0 Å². The van der Waals surface area contributed by atoms with Gasteiger partial charge in [0.2, 0.25) is 5.89 Å². The smallest absolute Gasteiger partial charge is 0.226 e. The molecular weight excluding hydrogens is 469 g/mol. The average molecular weight is 501 g/mol. The van der Waals surface area contributed by atoms with Crippen LogP contribution >= 0.6 is 24.0 Å². The van der Waals surface area contributed by atoms with Crippen molar-refractivity contribution in [2.45, 2.75) is 51.9 Å². The van der Waals surface area contributed by atoms with E-state index in [1.165, 1.54) is 5.56 Å². The summed E-state index contributed by atoms with van der Waals surface area (Å²) < 4.78 is 7.18. The fourth-order valence-electron chi connectivity index (χ4n) is 3.32. The van der Waals surface area contributed by atoms with Gasteiger partial charge in [-0.2, -0.15) is 10.1 Å². The number of rotatable bonds is 7. The van der Waals surface area contributed by atoms with E-state index in [-0.39, 0.29) is 24.0 Å². The molecule has 3 heterocycles. The minimum absolute atomic E-state index is 0. The third-order valence-corrected chi connectivity index (χ3v) is 4.83. The number of aromatic nitrogens is 4. The molecule has 0 aromatic carbocycles. The minimum Gasteiger partial charge on any atom is -0.357 e. The van der Waals surface area contributed by atoms with E-state index in [2.05, 4.69) is 52.4 Å². The van der Waals surface area contributed by atoms with Gasteiger partial charge in [0, 0.05) is 57.7 Å². The summed E-state index contributed by atoms with van der Waals surface area (Å²) in [6.45, 7) is 9.86. The second-order valence-electron chi connectivity index (χ2n) is 7.42. The molecule has 0 bridgehead atoms. The standard InChI is InChI=1S/C19H31N7O.HI/c1-5-20-19(21-9-6-7-17-23-18(14(2)3)24-27-17)26-10-8-15(13-26)16-11-22-25(4)12-16;/h11-12,14-15H,5-10,13H2,1-4H3,(H,20,21);1H. The maximum absolute atomic E-state index is 5.30. The van der Waals surface area contributed by atoms with Gasteiger partial charge < -0.3 is 14.7 Å². The summed E-state index contributed by atoms with van der Waals surface area (Å²) in [6, 6.07) is 0. The molecule has 0 amide bonds. The van der Waals surface area contributed by atoms with Crippen LogP contribution in [0.25, 0.3) is 0 Å². The number of aliphatic imine (C=N–C) groups is 1. The van der Waals surface area contributed by atoms with Crippen molar-refractivity contribution >= 4 is 29.9 Å². The Morgan fingerprint density at radius 1 is 1.43 bits per heavy atom. The van der Waals surface area contributed by atoms with E-state index < -0.39 is 0 Å². The lowest BCUT2D eigenvalue weighted by molar-refractivity contribution is 0.369. The highest BCUT2D eigenvalue weighted by Gasteiger charge is 2.26. The lowest BCUT2D eigenvalue weighted by Gasteiger charge is -2.21. The molecule has 0 radical (unpaired) electrons. The van der Waals surface area contributed by atoms with Gasteiger partial charge in [-0.05, 0) is 25.3 Å². The number of halogens is 1. The summed E-state index contributed by atoms with van der Waals surface area (Å²) in [5, 5.41) is 11.7. The van der Waals surface area contributed by atoms with Crippen LogP contribution < -0.4 is 5.32 Å². The van der Waals surface area contributed by atoms with Crippen LogP contribution in [0.4, 0.5) is 0 Å². The van der Waals surface area contributed by atoms with Gasteiger partial charge in [-0.3, -0.25) is 9.67 Å². The first-order valence-electron chi connectivity index (χ1n) is 9.91. The topological polar surface area (TPSA) is 84.4 Å². The molecule has 28 heavy (non-hydrogen) atoms. The molecule has 1 saturated heterocycles. The number of aryl methyl sites for hydroxylation is 2. The SMILES string of the molecule is CCNC(=NCCCc1nc(C(C)C)no1)N1CCC(c2cnn(C)c2)C1.I. The van der Waals surface area contributed by atoms with Gasteiger partial charge in [-0.25, -0.2) is 0 Å². The molecule has 0 saturated carbocycles. The monoisotopic (exact) mass is 501 g/mol. The zero-order chi connectivity index (χ0) is 19.2.